The fourth-order valence-electron chi connectivity index (χ4n) is 3.72. The zero-order valence-corrected chi connectivity index (χ0v) is 20.0. The van der Waals surface area contributed by atoms with E-state index < -0.39 is 16.0 Å². The molecule has 5 nitrogen and oxygen atoms in total. The minimum absolute atomic E-state index is 0. The number of benzene rings is 1. The standard InChI is InChI=1S/C20H28ClNO4S.Na/c21-17-8-10-18(11-9-17)27(25,26)22-16-15-20(13-5-6-14-20)12-4-2-1-3-7-19(23)24;/h1-2,8-11,22H,3-7,12-16H2,(H,23,24);/q;+1/p-1/b2-1-;. The number of aliphatic carboxylic acids is 1. The Balaban J connectivity index is 0.00000392. The van der Waals surface area contributed by atoms with E-state index in [1.807, 2.05) is 12.2 Å². The average molecular weight is 436 g/mol. The Morgan fingerprint density at radius 1 is 1.11 bits per heavy atom. The first-order valence-electron chi connectivity index (χ1n) is 9.43. The maximum absolute atomic E-state index is 12.4. The normalized spacial score (nSPS) is 16.2. The number of allylic oxidation sites excluding steroid dienone is 2. The van der Waals surface area contributed by atoms with Gasteiger partial charge in [0.25, 0.3) is 0 Å². The predicted octanol–water partition coefficient (Wildman–Crippen LogP) is 0.439. The Kier molecular flexibility index (Phi) is 11.3. The van der Waals surface area contributed by atoms with Crippen LogP contribution < -0.4 is 39.4 Å². The van der Waals surface area contributed by atoms with Crippen molar-refractivity contribution < 1.29 is 47.9 Å². The van der Waals surface area contributed by atoms with E-state index in [1.54, 1.807) is 12.1 Å². The zero-order valence-electron chi connectivity index (χ0n) is 16.5. The van der Waals surface area contributed by atoms with E-state index in [9.17, 15) is 18.3 Å². The maximum Gasteiger partial charge on any atom is 1.00 e. The first-order chi connectivity index (χ1) is 12.8. The van der Waals surface area contributed by atoms with Crippen molar-refractivity contribution in [3.63, 3.8) is 0 Å². The van der Waals surface area contributed by atoms with Gasteiger partial charge in [-0.25, -0.2) is 13.1 Å². The molecule has 1 saturated carbocycles. The number of sulfonamides is 1. The molecule has 1 N–H and O–H groups in total. The van der Waals surface area contributed by atoms with Crippen molar-refractivity contribution >= 4 is 27.6 Å². The average Bonchev–Trinajstić information content (AvgIpc) is 3.07. The summed E-state index contributed by atoms with van der Waals surface area (Å²) in [6, 6.07) is 6.16. The van der Waals surface area contributed by atoms with Gasteiger partial charge in [-0.1, -0.05) is 36.6 Å². The number of carboxylic acids is 1. The predicted molar refractivity (Wildman–Crippen MR) is 105 cm³/mol. The molecule has 0 aromatic heterocycles. The van der Waals surface area contributed by atoms with Crippen molar-refractivity contribution in [2.75, 3.05) is 6.54 Å². The topological polar surface area (TPSA) is 86.3 Å². The van der Waals surface area contributed by atoms with Crippen LogP contribution in [0.1, 0.15) is 57.8 Å². The van der Waals surface area contributed by atoms with Gasteiger partial charge in [0.2, 0.25) is 10.0 Å². The fraction of sp³-hybridized carbons (Fsp3) is 0.550. The van der Waals surface area contributed by atoms with E-state index in [-0.39, 0.29) is 46.3 Å². The molecule has 0 spiro atoms. The van der Waals surface area contributed by atoms with Crippen LogP contribution in [0.4, 0.5) is 0 Å². The molecule has 0 bridgehead atoms. The number of nitrogens with one attached hydrogen (secondary N) is 1. The number of carbonyl (C=O) groups is 1. The first-order valence-corrected chi connectivity index (χ1v) is 11.3. The Bertz CT molecular complexity index is 744. The van der Waals surface area contributed by atoms with Crippen LogP contribution in [0.25, 0.3) is 0 Å². The second-order valence-corrected chi connectivity index (χ2v) is 9.43. The molecule has 1 aliphatic rings. The third kappa shape index (κ3) is 8.56. The summed E-state index contributed by atoms with van der Waals surface area (Å²) in [6.07, 6.45) is 11.7. The minimum Gasteiger partial charge on any atom is -0.550 e. The van der Waals surface area contributed by atoms with Crippen LogP contribution in [0.15, 0.2) is 41.3 Å². The monoisotopic (exact) mass is 435 g/mol. The number of hydrogen-bond donors (Lipinski definition) is 1. The van der Waals surface area contributed by atoms with E-state index in [1.165, 1.54) is 25.0 Å². The smallest absolute Gasteiger partial charge is 0.550 e. The van der Waals surface area contributed by atoms with Gasteiger partial charge in [-0.2, -0.15) is 0 Å². The molecule has 0 radical (unpaired) electrons. The Hall–Kier alpha value is -0.370. The van der Waals surface area contributed by atoms with Crippen molar-refractivity contribution in [3.8, 4) is 0 Å². The van der Waals surface area contributed by atoms with Crippen molar-refractivity contribution in [2.24, 2.45) is 5.41 Å². The van der Waals surface area contributed by atoms with Crippen LogP contribution in [-0.4, -0.2) is 20.9 Å². The summed E-state index contributed by atoms with van der Waals surface area (Å²) in [5, 5.41) is 10.9. The molecular weight excluding hydrogens is 409 g/mol. The Morgan fingerprint density at radius 3 is 2.32 bits per heavy atom. The van der Waals surface area contributed by atoms with E-state index in [0.29, 0.717) is 18.0 Å². The van der Waals surface area contributed by atoms with Crippen molar-refractivity contribution in [2.45, 2.75) is 62.7 Å². The fourth-order valence-corrected chi connectivity index (χ4v) is 4.88. The van der Waals surface area contributed by atoms with E-state index >= 15 is 0 Å². The van der Waals surface area contributed by atoms with Gasteiger partial charge in [0.15, 0.2) is 0 Å². The van der Waals surface area contributed by atoms with Crippen LogP contribution in [0, 0.1) is 5.41 Å². The summed E-state index contributed by atoms with van der Waals surface area (Å²) in [4.78, 5) is 10.6. The van der Waals surface area contributed by atoms with Crippen LogP contribution in [0.2, 0.25) is 5.02 Å². The Morgan fingerprint density at radius 2 is 1.71 bits per heavy atom. The summed E-state index contributed by atoms with van der Waals surface area (Å²) >= 11 is 5.81. The molecule has 0 heterocycles. The van der Waals surface area contributed by atoms with E-state index in [4.69, 9.17) is 11.6 Å². The van der Waals surface area contributed by atoms with Gasteiger partial charge >= 0.3 is 29.6 Å². The second kappa shape index (κ2) is 12.4. The number of carboxylic acid groups (broad SMARTS) is 1. The summed E-state index contributed by atoms with van der Waals surface area (Å²) < 4.78 is 27.5. The minimum atomic E-state index is -3.52. The maximum atomic E-state index is 12.4. The van der Waals surface area contributed by atoms with Crippen LogP contribution in [0.5, 0.6) is 0 Å². The van der Waals surface area contributed by atoms with Gasteiger partial charge in [-0.05, 0) is 74.6 Å². The molecule has 28 heavy (non-hydrogen) atoms. The number of carbonyl (C=O) groups excluding carboxylic acids is 1. The van der Waals surface area contributed by atoms with Crippen LogP contribution >= 0.6 is 11.6 Å². The molecular formula is C20H27ClNNaO4S. The van der Waals surface area contributed by atoms with Gasteiger partial charge < -0.3 is 9.90 Å². The van der Waals surface area contributed by atoms with Crippen molar-refractivity contribution in [1.82, 2.24) is 4.72 Å². The molecule has 150 valence electrons. The molecule has 8 heteroatoms. The van der Waals surface area contributed by atoms with E-state index in [2.05, 4.69) is 4.72 Å². The molecule has 1 aromatic rings. The van der Waals surface area contributed by atoms with Gasteiger partial charge in [-0.15, -0.1) is 0 Å². The SMILES string of the molecule is O=C([O-])CC/C=C\CCC1(CCNS(=O)(=O)c2ccc(Cl)cc2)CCCC1.[Na+]. The molecule has 1 aromatic carbocycles. The Labute approximate surface area is 195 Å². The van der Waals surface area contributed by atoms with Crippen LogP contribution in [0.3, 0.4) is 0 Å². The first kappa shape index (κ1) is 25.7. The van der Waals surface area contributed by atoms with E-state index in [0.717, 1.165) is 32.1 Å². The zero-order chi connectivity index (χ0) is 19.8. The van der Waals surface area contributed by atoms with Gasteiger partial charge in [0.05, 0.1) is 4.90 Å². The summed E-state index contributed by atoms with van der Waals surface area (Å²) in [6.45, 7) is 0.416. The quantitative estimate of drug-likeness (QED) is 0.403. The van der Waals surface area contributed by atoms with Crippen molar-refractivity contribution in [1.29, 1.82) is 0 Å². The third-order valence-corrected chi connectivity index (χ3v) is 6.99. The molecule has 1 fully saturated rings. The summed E-state index contributed by atoms with van der Waals surface area (Å²) in [7, 11) is -3.52. The molecule has 0 atom stereocenters. The molecule has 0 aliphatic heterocycles. The number of hydrogen-bond acceptors (Lipinski definition) is 4. The van der Waals surface area contributed by atoms with Crippen LogP contribution in [-0.2, 0) is 14.8 Å². The summed E-state index contributed by atoms with van der Waals surface area (Å²) in [5.41, 5.74) is 0.168. The molecule has 0 saturated heterocycles. The molecule has 0 unspecified atom stereocenters. The summed E-state index contributed by atoms with van der Waals surface area (Å²) in [5.74, 6) is -1.03. The van der Waals surface area contributed by atoms with Gasteiger partial charge in [-0.3, -0.25) is 0 Å². The number of rotatable bonds is 11. The van der Waals surface area contributed by atoms with Gasteiger partial charge in [0, 0.05) is 17.5 Å². The second-order valence-electron chi connectivity index (χ2n) is 7.23. The van der Waals surface area contributed by atoms with Crippen molar-refractivity contribution in [3.05, 3.63) is 41.4 Å². The largest absolute Gasteiger partial charge is 1.00 e. The number of halogens is 1. The van der Waals surface area contributed by atoms with Gasteiger partial charge in [0.1, 0.15) is 0 Å². The molecule has 0 amide bonds. The molecule has 1 aliphatic carbocycles. The third-order valence-electron chi connectivity index (χ3n) is 5.26. The molecule has 2 rings (SSSR count).